The summed E-state index contributed by atoms with van der Waals surface area (Å²) < 4.78 is 0. The summed E-state index contributed by atoms with van der Waals surface area (Å²) in [6.07, 6.45) is 4.28. The summed E-state index contributed by atoms with van der Waals surface area (Å²) in [7, 11) is 0. The highest BCUT2D eigenvalue weighted by molar-refractivity contribution is 6.01. The second kappa shape index (κ2) is 4.71. The van der Waals surface area contributed by atoms with E-state index in [-0.39, 0.29) is 40.5 Å². The van der Waals surface area contributed by atoms with E-state index in [1.807, 2.05) is 13.8 Å². The fourth-order valence-corrected chi connectivity index (χ4v) is 4.07. The first kappa shape index (κ1) is 15.3. The predicted octanol–water partition coefficient (Wildman–Crippen LogP) is 3.40. The Hall–Kier alpha value is -1.12. The Bertz CT molecular complexity index is 452. The lowest BCUT2D eigenvalue weighted by atomic mass is 9.74. The maximum Gasteiger partial charge on any atom is 0.233 e. The third kappa shape index (κ3) is 1.78. The van der Waals surface area contributed by atoms with Gasteiger partial charge in [-0.3, -0.25) is 14.5 Å². The van der Waals surface area contributed by atoms with E-state index in [2.05, 4.69) is 27.4 Å². The molecule has 1 aliphatic heterocycles. The van der Waals surface area contributed by atoms with Crippen LogP contribution in [0.3, 0.4) is 0 Å². The van der Waals surface area contributed by atoms with Crippen LogP contribution in [0.25, 0.3) is 0 Å². The van der Waals surface area contributed by atoms with Gasteiger partial charge in [0, 0.05) is 11.8 Å². The average Bonchev–Trinajstić information content (AvgIpc) is 2.64. The molecule has 0 aromatic carbocycles. The number of fused-ring (bicyclic) bond motifs is 2. The summed E-state index contributed by atoms with van der Waals surface area (Å²) in [5, 5.41) is 0. The van der Waals surface area contributed by atoms with Crippen LogP contribution in [-0.4, -0.2) is 22.3 Å². The molecule has 0 aromatic heterocycles. The van der Waals surface area contributed by atoms with Crippen LogP contribution in [0.5, 0.6) is 0 Å². The van der Waals surface area contributed by atoms with E-state index < -0.39 is 0 Å². The molecule has 1 saturated carbocycles. The van der Waals surface area contributed by atoms with Gasteiger partial charge in [-0.05, 0) is 37.5 Å². The summed E-state index contributed by atoms with van der Waals surface area (Å²) in [4.78, 5) is 27.2. The van der Waals surface area contributed by atoms with Gasteiger partial charge in [-0.1, -0.05) is 33.8 Å². The van der Waals surface area contributed by atoms with Crippen molar-refractivity contribution in [2.45, 2.75) is 59.4 Å². The van der Waals surface area contributed by atoms with E-state index in [9.17, 15) is 9.59 Å². The largest absolute Gasteiger partial charge is 0.276 e. The highest BCUT2D eigenvalue weighted by atomic mass is 16.2. The quantitative estimate of drug-likeness (QED) is 0.739. The number of carbonyl (C=O) groups excluding carboxylic acids is 2. The number of imide groups is 1. The smallest absolute Gasteiger partial charge is 0.233 e. The standard InChI is InChI=1S/C17H27NO2/c1-7-8-12(11(2)3)14(19)18-15(20)13-9-10-17(18,6)16(13,4)5/h7,11-13H,1,8-10H2,2-6H3/t12-,13-,17-/m1/s1. The van der Waals surface area contributed by atoms with Crippen LogP contribution in [0.1, 0.15) is 53.9 Å². The van der Waals surface area contributed by atoms with Gasteiger partial charge in [-0.15, -0.1) is 6.58 Å². The Morgan fingerprint density at radius 1 is 1.45 bits per heavy atom. The van der Waals surface area contributed by atoms with E-state index in [1.54, 1.807) is 11.0 Å². The van der Waals surface area contributed by atoms with Crippen LogP contribution < -0.4 is 0 Å². The van der Waals surface area contributed by atoms with Crippen molar-refractivity contribution in [2.24, 2.45) is 23.2 Å². The highest BCUT2D eigenvalue weighted by Crippen LogP contribution is 2.59. The molecule has 2 fully saturated rings. The van der Waals surface area contributed by atoms with Crippen molar-refractivity contribution >= 4 is 11.8 Å². The Morgan fingerprint density at radius 3 is 2.45 bits per heavy atom. The Kier molecular flexibility index (Phi) is 3.60. The van der Waals surface area contributed by atoms with Crippen molar-refractivity contribution in [3.05, 3.63) is 12.7 Å². The van der Waals surface area contributed by atoms with Gasteiger partial charge in [0.05, 0.1) is 5.54 Å². The lowest BCUT2D eigenvalue weighted by molar-refractivity contribution is -0.154. The average molecular weight is 277 g/mol. The minimum Gasteiger partial charge on any atom is -0.276 e. The zero-order valence-electron chi connectivity index (χ0n) is 13.4. The Labute approximate surface area is 122 Å². The van der Waals surface area contributed by atoms with Crippen molar-refractivity contribution in [3.8, 4) is 0 Å². The molecule has 0 radical (unpaired) electrons. The van der Waals surface area contributed by atoms with Gasteiger partial charge in [-0.2, -0.15) is 0 Å². The van der Waals surface area contributed by atoms with Gasteiger partial charge in [0.2, 0.25) is 11.8 Å². The molecule has 3 nitrogen and oxygen atoms in total. The SMILES string of the molecule is C=CC[C@@H](C(=O)N1C(=O)[C@H]2CC[C@]1(C)C2(C)C)C(C)C. The minimum absolute atomic E-state index is 0.00248. The summed E-state index contributed by atoms with van der Waals surface area (Å²) in [6, 6.07) is 0. The van der Waals surface area contributed by atoms with Crippen molar-refractivity contribution in [1.82, 2.24) is 4.90 Å². The van der Waals surface area contributed by atoms with Crippen LogP contribution in [0.15, 0.2) is 12.7 Å². The zero-order chi connectivity index (χ0) is 15.3. The number of carbonyl (C=O) groups is 2. The molecular formula is C17H27NO2. The molecule has 1 heterocycles. The van der Waals surface area contributed by atoms with Crippen LogP contribution in [0, 0.1) is 23.2 Å². The molecule has 0 N–H and O–H groups in total. The van der Waals surface area contributed by atoms with Crippen LogP contribution in [0.4, 0.5) is 0 Å². The molecule has 1 aliphatic carbocycles. The number of amides is 2. The zero-order valence-corrected chi connectivity index (χ0v) is 13.4. The van der Waals surface area contributed by atoms with E-state index in [0.29, 0.717) is 6.42 Å². The fourth-order valence-electron chi connectivity index (χ4n) is 4.07. The van der Waals surface area contributed by atoms with Gasteiger partial charge >= 0.3 is 0 Å². The maximum absolute atomic E-state index is 12.9. The minimum atomic E-state index is -0.319. The monoisotopic (exact) mass is 277 g/mol. The van der Waals surface area contributed by atoms with Gasteiger partial charge in [0.15, 0.2) is 0 Å². The van der Waals surface area contributed by atoms with E-state index >= 15 is 0 Å². The summed E-state index contributed by atoms with van der Waals surface area (Å²) in [5.41, 5.74) is -0.435. The molecule has 1 saturated heterocycles. The topological polar surface area (TPSA) is 37.4 Å². The molecule has 112 valence electrons. The lowest BCUT2D eigenvalue weighted by Crippen LogP contribution is -2.54. The van der Waals surface area contributed by atoms with Crippen LogP contribution in [0.2, 0.25) is 0 Å². The first-order valence-corrected chi connectivity index (χ1v) is 7.67. The summed E-state index contributed by atoms with van der Waals surface area (Å²) in [6.45, 7) is 14.2. The van der Waals surface area contributed by atoms with Crippen LogP contribution >= 0.6 is 0 Å². The maximum atomic E-state index is 12.9. The molecule has 0 unspecified atom stereocenters. The first-order chi connectivity index (χ1) is 9.18. The van der Waals surface area contributed by atoms with E-state index in [4.69, 9.17) is 0 Å². The second-order valence-corrected chi connectivity index (χ2v) is 7.47. The third-order valence-corrected chi connectivity index (χ3v) is 5.95. The number of piperidine rings is 1. The highest BCUT2D eigenvalue weighted by Gasteiger charge is 2.67. The number of likely N-dealkylation sites (tertiary alicyclic amines) is 1. The molecule has 20 heavy (non-hydrogen) atoms. The predicted molar refractivity (Wildman–Crippen MR) is 79.9 cm³/mol. The molecular weight excluding hydrogens is 250 g/mol. The second-order valence-electron chi connectivity index (χ2n) is 7.47. The molecule has 2 rings (SSSR count). The van der Waals surface area contributed by atoms with Crippen molar-refractivity contribution in [1.29, 1.82) is 0 Å². The number of nitrogens with zero attached hydrogens (tertiary/aromatic N) is 1. The van der Waals surface area contributed by atoms with Gasteiger partial charge < -0.3 is 0 Å². The molecule has 3 heteroatoms. The summed E-state index contributed by atoms with van der Waals surface area (Å²) in [5.74, 6) is 0.140. The van der Waals surface area contributed by atoms with Gasteiger partial charge in [0.25, 0.3) is 0 Å². The van der Waals surface area contributed by atoms with Gasteiger partial charge in [0.1, 0.15) is 0 Å². The van der Waals surface area contributed by atoms with Crippen LogP contribution in [-0.2, 0) is 9.59 Å². The van der Waals surface area contributed by atoms with E-state index in [1.165, 1.54) is 0 Å². The van der Waals surface area contributed by atoms with Crippen molar-refractivity contribution in [3.63, 3.8) is 0 Å². The van der Waals surface area contributed by atoms with Crippen molar-refractivity contribution in [2.75, 3.05) is 0 Å². The molecule has 2 aliphatic rings. The van der Waals surface area contributed by atoms with E-state index in [0.717, 1.165) is 12.8 Å². The number of hydrogen-bond donors (Lipinski definition) is 0. The van der Waals surface area contributed by atoms with Crippen molar-refractivity contribution < 1.29 is 9.59 Å². The number of rotatable bonds is 4. The molecule has 2 bridgehead atoms. The van der Waals surface area contributed by atoms with Gasteiger partial charge in [-0.25, -0.2) is 0 Å². The Balaban J connectivity index is 2.36. The first-order valence-electron chi connectivity index (χ1n) is 7.67. The molecule has 0 aromatic rings. The normalized spacial score (nSPS) is 32.8. The fraction of sp³-hybridized carbons (Fsp3) is 0.765. The summed E-state index contributed by atoms with van der Waals surface area (Å²) >= 11 is 0. The third-order valence-electron chi connectivity index (χ3n) is 5.95. The molecule has 2 amide bonds. The number of allylic oxidation sites excluding steroid dienone is 1. The molecule has 3 atom stereocenters. The molecule has 0 spiro atoms. The lowest BCUT2D eigenvalue weighted by Gasteiger charge is -2.41. The number of hydrogen-bond acceptors (Lipinski definition) is 2. The Morgan fingerprint density at radius 2 is 2.05 bits per heavy atom.